The Morgan fingerprint density at radius 2 is 1.60 bits per heavy atom. The predicted molar refractivity (Wildman–Crippen MR) is 51.0 cm³/mol. The van der Waals surface area contributed by atoms with E-state index in [1.165, 1.54) is 10.6 Å². The lowest BCUT2D eigenvalue weighted by molar-refractivity contribution is 1.36. The van der Waals surface area contributed by atoms with Crippen molar-refractivity contribution in [3.8, 4) is 0 Å². The van der Waals surface area contributed by atoms with Crippen LogP contribution in [-0.4, -0.2) is 15.2 Å². The van der Waals surface area contributed by atoms with Gasteiger partial charge in [0.05, 0.1) is 0 Å². The van der Waals surface area contributed by atoms with Gasteiger partial charge in [0.25, 0.3) is 0 Å². The van der Waals surface area contributed by atoms with Crippen molar-refractivity contribution >= 4 is 15.2 Å². The summed E-state index contributed by atoms with van der Waals surface area (Å²) in [5.41, 5.74) is 0. The molecule has 0 aromatic rings. The van der Waals surface area contributed by atoms with Gasteiger partial charge in [0.2, 0.25) is 15.2 Å². The molecule has 56 valence electrons. The minimum absolute atomic E-state index is 0.432. The van der Waals surface area contributed by atoms with Crippen LogP contribution in [0, 0.1) is 0 Å². The van der Waals surface area contributed by atoms with E-state index >= 15 is 0 Å². The molecule has 0 saturated heterocycles. The van der Waals surface area contributed by atoms with Gasteiger partial charge in [0.15, 0.2) is 0 Å². The van der Waals surface area contributed by atoms with Crippen molar-refractivity contribution in [3.05, 3.63) is 24.3 Å². The summed E-state index contributed by atoms with van der Waals surface area (Å²) < 4.78 is 0. The molecule has 1 rings (SSSR count). The summed E-state index contributed by atoms with van der Waals surface area (Å²) >= 11 is 0.432. The Balaban J connectivity index is 0.000000162. The van der Waals surface area contributed by atoms with Gasteiger partial charge in [0.1, 0.15) is 0 Å². The molecule has 0 heterocycles. The molecule has 0 saturated carbocycles. The third kappa shape index (κ3) is 8.01. The Kier molecular flexibility index (Phi) is 9.02. The van der Waals surface area contributed by atoms with Gasteiger partial charge in [-0.3, -0.25) is 0 Å². The van der Waals surface area contributed by atoms with Gasteiger partial charge in [-0.25, -0.2) is 0 Å². The average molecular weight is 152 g/mol. The van der Waals surface area contributed by atoms with Gasteiger partial charge in [-0.05, 0) is 6.42 Å². The Labute approximate surface area is 70.7 Å². The molecule has 0 aliphatic heterocycles. The molecule has 0 aromatic carbocycles. The minimum atomic E-state index is 0.432. The fourth-order valence-corrected chi connectivity index (χ4v) is 1.45. The second kappa shape index (κ2) is 9.01. The summed E-state index contributed by atoms with van der Waals surface area (Å²) in [6, 6.07) is 0. The van der Waals surface area contributed by atoms with Crippen molar-refractivity contribution in [2.45, 2.75) is 30.8 Å². The summed E-state index contributed by atoms with van der Waals surface area (Å²) in [4.78, 5) is 0. The highest BCUT2D eigenvalue weighted by atomic mass is 27.1. The Morgan fingerprint density at radius 3 is 1.70 bits per heavy atom. The Morgan fingerprint density at radius 1 is 1.10 bits per heavy atom. The maximum Gasteiger partial charge on any atom is 0.236 e. The van der Waals surface area contributed by atoms with Gasteiger partial charge >= 0.3 is 0 Å². The molecule has 0 amide bonds. The molecular formula is C9H17Al. The van der Waals surface area contributed by atoms with Crippen LogP contribution in [0.2, 0.25) is 10.6 Å². The fraction of sp³-hybridized carbons (Fsp3) is 0.556. The standard InChI is InChI=1S/C5H6.2C2H5.Al.H/c1-2-4-5-3-1;2*1-2;;/h1-4H,5H2;2*1H2,2H3;;. The maximum absolute atomic E-state index is 2.27. The summed E-state index contributed by atoms with van der Waals surface area (Å²) in [7, 11) is 0. The molecule has 0 aromatic heterocycles. The van der Waals surface area contributed by atoms with Crippen LogP contribution in [0.25, 0.3) is 0 Å². The number of rotatable bonds is 2. The van der Waals surface area contributed by atoms with Crippen LogP contribution in [0.4, 0.5) is 0 Å². The molecule has 0 fully saturated rings. The largest absolute Gasteiger partial charge is 0.236 e. The molecule has 1 aliphatic rings. The zero-order valence-electron chi connectivity index (χ0n) is 7.14. The number of hydrogen-bond acceptors (Lipinski definition) is 0. The predicted octanol–water partition coefficient (Wildman–Crippen LogP) is 2.80. The normalized spacial score (nSPS) is 12.6. The zero-order chi connectivity index (χ0) is 7.66. The van der Waals surface area contributed by atoms with Crippen molar-refractivity contribution in [3.63, 3.8) is 0 Å². The van der Waals surface area contributed by atoms with Crippen molar-refractivity contribution in [1.82, 2.24) is 0 Å². The lowest BCUT2D eigenvalue weighted by atomic mass is 10.5. The Hall–Kier alpha value is 0.0125. The molecule has 0 radical (unpaired) electrons. The molecule has 0 atom stereocenters. The minimum Gasteiger partial charge on any atom is -0.100 e. The van der Waals surface area contributed by atoms with Crippen LogP contribution in [-0.2, 0) is 0 Å². The first-order chi connectivity index (χ1) is 4.91. The van der Waals surface area contributed by atoms with Gasteiger partial charge < -0.3 is 0 Å². The molecular weight excluding hydrogens is 135 g/mol. The van der Waals surface area contributed by atoms with Gasteiger partial charge in [-0.1, -0.05) is 38.2 Å². The Bertz CT molecular complexity index is 91.3. The average Bonchev–Trinajstić information content (AvgIpc) is 2.44. The second-order valence-electron chi connectivity index (χ2n) is 2.45. The fourth-order valence-electron chi connectivity index (χ4n) is 0.746. The lowest BCUT2D eigenvalue weighted by Gasteiger charge is -1.73. The van der Waals surface area contributed by atoms with E-state index in [2.05, 4.69) is 38.2 Å². The highest BCUT2D eigenvalue weighted by Gasteiger charge is 1.76. The van der Waals surface area contributed by atoms with Gasteiger partial charge in [-0.15, -0.1) is 10.6 Å². The summed E-state index contributed by atoms with van der Waals surface area (Å²) in [6.07, 6.45) is 9.50. The SMILES string of the molecule is C1=CCC=C1.C[CH2][AlH][CH2]C. The van der Waals surface area contributed by atoms with Crippen LogP contribution in [0.15, 0.2) is 24.3 Å². The van der Waals surface area contributed by atoms with E-state index < -0.39 is 0 Å². The maximum atomic E-state index is 2.27. The van der Waals surface area contributed by atoms with E-state index in [9.17, 15) is 0 Å². The lowest BCUT2D eigenvalue weighted by Crippen LogP contribution is -1.76. The third-order valence-corrected chi connectivity index (χ3v) is 2.78. The van der Waals surface area contributed by atoms with E-state index in [1.807, 2.05) is 0 Å². The summed E-state index contributed by atoms with van der Waals surface area (Å²) in [5.74, 6) is 0. The first-order valence-corrected chi connectivity index (χ1v) is 6.23. The molecule has 1 heteroatoms. The van der Waals surface area contributed by atoms with Crippen LogP contribution in [0.1, 0.15) is 20.3 Å². The van der Waals surface area contributed by atoms with Crippen molar-refractivity contribution in [2.24, 2.45) is 0 Å². The summed E-state index contributed by atoms with van der Waals surface area (Å²) in [5, 5.41) is 2.97. The quantitative estimate of drug-likeness (QED) is 0.534. The van der Waals surface area contributed by atoms with E-state index in [1.54, 1.807) is 0 Å². The smallest absolute Gasteiger partial charge is 0.100 e. The third-order valence-electron chi connectivity index (χ3n) is 1.36. The highest BCUT2D eigenvalue weighted by molar-refractivity contribution is 6.34. The second-order valence-corrected chi connectivity index (χ2v) is 5.15. The van der Waals surface area contributed by atoms with E-state index in [0.717, 1.165) is 6.42 Å². The number of hydrogen-bond donors (Lipinski definition) is 0. The zero-order valence-corrected chi connectivity index (χ0v) is 8.55. The molecule has 0 N–H and O–H groups in total. The molecule has 0 unspecified atom stereocenters. The first-order valence-electron chi connectivity index (χ1n) is 4.23. The van der Waals surface area contributed by atoms with Crippen LogP contribution in [0.3, 0.4) is 0 Å². The molecule has 0 nitrogen and oxygen atoms in total. The van der Waals surface area contributed by atoms with Crippen LogP contribution >= 0.6 is 0 Å². The van der Waals surface area contributed by atoms with E-state index in [4.69, 9.17) is 0 Å². The van der Waals surface area contributed by atoms with Crippen molar-refractivity contribution < 1.29 is 0 Å². The van der Waals surface area contributed by atoms with Crippen molar-refractivity contribution in [2.75, 3.05) is 0 Å². The van der Waals surface area contributed by atoms with E-state index in [-0.39, 0.29) is 0 Å². The molecule has 0 bridgehead atoms. The number of allylic oxidation sites excluding steroid dienone is 4. The van der Waals surface area contributed by atoms with Crippen molar-refractivity contribution in [1.29, 1.82) is 0 Å². The topological polar surface area (TPSA) is 0 Å². The molecule has 1 aliphatic carbocycles. The first kappa shape index (κ1) is 10.0. The van der Waals surface area contributed by atoms with Crippen LogP contribution in [0.5, 0.6) is 0 Å². The highest BCUT2D eigenvalue weighted by Crippen LogP contribution is 1.93. The van der Waals surface area contributed by atoms with Gasteiger partial charge in [0, 0.05) is 0 Å². The monoisotopic (exact) mass is 152 g/mol. The van der Waals surface area contributed by atoms with Crippen LogP contribution < -0.4 is 0 Å². The molecule has 0 spiro atoms. The summed E-state index contributed by atoms with van der Waals surface area (Å²) in [6.45, 7) is 4.55. The van der Waals surface area contributed by atoms with Gasteiger partial charge in [-0.2, -0.15) is 0 Å². The molecule has 10 heavy (non-hydrogen) atoms. The van der Waals surface area contributed by atoms with E-state index in [0.29, 0.717) is 15.2 Å².